The number of rotatable bonds is 8. The van der Waals surface area contributed by atoms with E-state index in [4.69, 9.17) is 27.9 Å². The summed E-state index contributed by atoms with van der Waals surface area (Å²) in [6.45, 7) is 5.83. The fourth-order valence-corrected chi connectivity index (χ4v) is 6.68. The molecule has 0 bridgehead atoms. The fraction of sp³-hybridized carbons (Fsp3) is 0.500. The lowest BCUT2D eigenvalue weighted by molar-refractivity contribution is -0.133. The predicted octanol–water partition coefficient (Wildman–Crippen LogP) is 7.50. The van der Waals surface area contributed by atoms with E-state index in [9.17, 15) is 9.59 Å². The molecule has 2 aliphatic rings. The maximum atomic E-state index is 13.5. The zero-order chi connectivity index (χ0) is 28.4. The van der Waals surface area contributed by atoms with E-state index in [0.717, 1.165) is 49.0 Å². The van der Waals surface area contributed by atoms with Gasteiger partial charge in [-0.25, -0.2) is 0 Å². The molecule has 1 aromatic heterocycles. The van der Waals surface area contributed by atoms with Crippen LogP contribution in [0.15, 0.2) is 42.6 Å². The van der Waals surface area contributed by atoms with E-state index in [1.165, 1.54) is 12.8 Å². The van der Waals surface area contributed by atoms with Gasteiger partial charge in [0.1, 0.15) is 0 Å². The highest BCUT2D eigenvalue weighted by molar-refractivity contribution is 6.36. The zero-order valence-electron chi connectivity index (χ0n) is 23.6. The van der Waals surface area contributed by atoms with E-state index in [1.54, 1.807) is 18.3 Å². The third kappa shape index (κ3) is 6.35. The number of fused-ring (bicyclic) bond motifs is 1. The molecule has 2 unspecified atom stereocenters. The second-order valence-corrected chi connectivity index (χ2v) is 12.5. The topological polar surface area (TPSA) is 63.6 Å². The monoisotopic (exact) mass is 583 g/mol. The van der Waals surface area contributed by atoms with Gasteiger partial charge in [-0.05, 0) is 67.7 Å². The van der Waals surface area contributed by atoms with E-state index in [-0.39, 0.29) is 24.3 Å². The molecule has 5 rings (SSSR count). The molecule has 1 aliphatic heterocycles. The van der Waals surface area contributed by atoms with Crippen LogP contribution in [0.4, 0.5) is 5.69 Å². The van der Waals surface area contributed by atoms with Crippen LogP contribution >= 0.6 is 23.2 Å². The molecule has 40 heavy (non-hydrogen) atoms. The number of anilines is 1. The number of para-hydroxylation sites is 1. The molecule has 0 spiro atoms. The molecule has 1 saturated heterocycles. The smallest absolute Gasteiger partial charge is 0.257 e. The molecule has 6 nitrogen and oxygen atoms in total. The molecule has 0 radical (unpaired) electrons. The van der Waals surface area contributed by atoms with Gasteiger partial charge in [0, 0.05) is 35.7 Å². The van der Waals surface area contributed by atoms with Crippen LogP contribution in [0.25, 0.3) is 10.9 Å². The van der Waals surface area contributed by atoms with Gasteiger partial charge in [0.15, 0.2) is 0 Å². The normalized spacial score (nSPS) is 23.1. The number of halogens is 2. The average Bonchev–Trinajstić information content (AvgIpc) is 3.52. The standard InChI is InChI=1S/C32H39Cl2N3O3/c1-4-21-13-23(19-40-24-11-9-20(2)10-12-24)37(17-21)31(38)15-22-14-28(34)29(16-27(22)33)35-32(39)26-18-36(3)30-8-6-5-7-25(26)30/h5-8,14,16,18,20-21,23-24H,4,9-13,15,17,19H2,1-3H3,(H,35,39). The van der Waals surface area contributed by atoms with Gasteiger partial charge in [0.25, 0.3) is 5.91 Å². The van der Waals surface area contributed by atoms with Crippen LogP contribution in [-0.2, 0) is 23.0 Å². The number of carbonyl (C=O) groups excluding carboxylic acids is 2. The number of hydrogen-bond acceptors (Lipinski definition) is 3. The number of nitrogens with zero attached hydrogens (tertiary/aromatic N) is 2. The van der Waals surface area contributed by atoms with Crippen molar-refractivity contribution >= 4 is 51.6 Å². The Morgan fingerprint density at radius 3 is 2.58 bits per heavy atom. The molecule has 2 heterocycles. The first-order valence-electron chi connectivity index (χ1n) is 14.5. The van der Waals surface area contributed by atoms with Crippen LogP contribution < -0.4 is 5.32 Å². The van der Waals surface area contributed by atoms with E-state index >= 15 is 0 Å². The second kappa shape index (κ2) is 12.5. The quantitative estimate of drug-likeness (QED) is 0.298. The Balaban J connectivity index is 1.25. The average molecular weight is 585 g/mol. The number of hydrogen-bond donors (Lipinski definition) is 1. The van der Waals surface area contributed by atoms with Crippen molar-refractivity contribution < 1.29 is 14.3 Å². The van der Waals surface area contributed by atoms with E-state index in [0.29, 0.717) is 45.5 Å². The first-order chi connectivity index (χ1) is 19.2. The number of benzene rings is 2. The van der Waals surface area contributed by atoms with Crippen LogP contribution in [-0.4, -0.2) is 46.6 Å². The van der Waals surface area contributed by atoms with Gasteiger partial charge in [-0.3, -0.25) is 9.59 Å². The lowest BCUT2D eigenvalue weighted by atomic mass is 9.89. The van der Waals surface area contributed by atoms with Crippen molar-refractivity contribution in [3.05, 3.63) is 63.8 Å². The molecule has 2 atom stereocenters. The first kappa shape index (κ1) is 29.0. The van der Waals surface area contributed by atoms with Gasteiger partial charge in [-0.1, -0.05) is 61.7 Å². The molecule has 8 heteroatoms. The fourth-order valence-electron chi connectivity index (χ4n) is 6.21. The van der Waals surface area contributed by atoms with Gasteiger partial charge in [-0.2, -0.15) is 0 Å². The Labute approximate surface area is 246 Å². The number of likely N-dealkylation sites (tertiary alicyclic amines) is 1. The largest absolute Gasteiger partial charge is 0.376 e. The SMILES string of the molecule is CCC1CC(COC2CCC(C)CC2)N(C(=O)Cc2cc(Cl)c(NC(=O)c3cn(C)c4ccccc34)cc2Cl)C1. The van der Waals surface area contributed by atoms with Crippen molar-refractivity contribution in [2.45, 2.75) is 70.9 Å². The second-order valence-electron chi connectivity index (χ2n) is 11.7. The van der Waals surface area contributed by atoms with Crippen LogP contribution in [0, 0.1) is 11.8 Å². The van der Waals surface area contributed by atoms with E-state index in [1.807, 2.05) is 40.8 Å². The van der Waals surface area contributed by atoms with Crippen LogP contribution in [0.5, 0.6) is 0 Å². The Bertz CT molecular complexity index is 1380. The number of carbonyl (C=O) groups is 2. The lowest BCUT2D eigenvalue weighted by Gasteiger charge is -2.30. The number of aromatic nitrogens is 1. The third-order valence-electron chi connectivity index (χ3n) is 8.75. The van der Waals surface area contributed by atoms with Crippen molar-refractivity contribution in [3.8, 4) is 0 Å². The summed E-state index contributed by atoms with van der Waals surface area (Å²) in [6, 6.07) is 11.2. The summed E-state index contributed by atoms with van der Waals surface area (Å²) < 4.78 is 8.24. The zero-order valence-corrected chi connectivity index (χ0v) is 25.1. The first-order valence-corrected chi connectivity index (χ1v) is 15.2. The highest BCUT2D eigenvalue weighted by Gasteiger charge is 2.35. The maximum absolute atomic E-state index is 13.5. The number of aryl methyl sites for hydroxylation is 1. The summed E-state index contributed by atoms with van der Waals surface area (Å²) in [4.78, 5) is 28.6. The molecule has 1 aliphatic carbocycles. The number of amides is 2. The molecule has 2 aromatic carbocycles. The summed E-state index contributed by atoms with van der Waals surface area (Å²) in [6.07, 6.45) is 8.92. The van der Waals surface area contributed by atoms with Crippen LogP contribution in [0.1, 0.15) is 68.3 Å². The van der Waals surface area contributed by atoms with Crippen molar-refractivity contribution in [2.75, 3.05) is 18.5 Å². The van der Waals surface area contributed by atoms with Crippen molar-refractivity contribution in [3.63, 3.8) is 0 Å². The minimum absolute atomic E-state index is 0.0346. The van der Waals surface area contributed by atoms with Crippen LogP contribution in [0.2, 0.25) is 10.0 Å². The molecule has 2 fully saturated rings. The highest BCUT2D eigenvalue weighted by atomic mass is 35.5. The molecular formula is C32H39Cl2N3O3. The molecule has 1 N–H and O–H groups in total. The number of nitrogens with one attached hydrogen (secondary N) is 1. The Morgan fingerprint density at radius 1 is 1.07 bits per heavy atom. The van der Waals surface area contributed by atoms with Gasteiger partial charge >= 0.3 is 0 Å². The molecular weight excluding hydrogens is 545 g/mol. The maximum Gasteiger partial charge on any atom is 0.257 e. The summed E-state index contributed by atoms with van der Waals surface area (Å²) in [5, 5.41) is 4.51. The van der Waals surface area contributed by atoms with Crippen molar-refractivity contribution in [1.29, 1.82) is 0 Å². The van der Waals surface area contributed by atoms with Crippen molar-refractivity contribution in [2.24, 2.45) is 18.9 Å². The van der Waals surface area contributed by atoms with Gasteiger partial charge < -0.3 is 19.5 Å². The summed E-state index contributed by atoms with van der Waals surface area (Å²) in [7, 11) is 1.91. The minimum Gasteiger partial charge on any atom is -0.376 e. The van der Waals surface area contributed by atoms with E-state index < -0.39 is 0 Å². The summed E-state index contributed by atoms with van der Waals surface area (Å²) in [5.74, 6) is 1.03. The summed E-state index contributed by atoms with van der Waals surface area (Å²) >= 11 is 13.2. The molecule has 2 amide bonds. The van der Waals surface area contributed by atoms with Gasteiger partial charge in [-0.15, -0.1) is 0 Å². The van der Waals surface area contributed by atoms with Gasteiger partial charge in [0.05, 0.1) is 41.4 Å². The highest BCUT2D eigenvalue weighted by Crippen LogP contribution is 2.33. The molecule has 3 aromatic rings. The van der Waals surface area contributed by atoms with E-state index in [2.05, 4.69) is 19.2 Å². The Kier molecular flexibility index (Phi) is 9.08. The lowest BCUT2D eigenvalue weighted by Crippen LogP contribution is -2.40. The Hall–Kier alpha value is -2.54. The summed E-state index contributed by atoms with van der Waals surface area (Å²) in [5.41, 5.74) is 2.59. The number of ether oxygens (including phenoxy) is 1. The third-order valence-corrected chi connectivity index (χ3v) is 9.42. The molecule has 1 saturated carbocycles. The Morgan fingerprint density at radius 2 is 1.82 bits per heavy atom. The van der Waals surface area contributed by atoms with Crippen molar-refractivity contribution in [1.82, 2.24) is 9.47 Å². The minimum atomic E-state index is -0.267. The van der Waals surface area contributed by atoms with Gasteiger partial charge in [0.2, 0.25) is 5.91 Å². The molecule has 214 valence electrons. The predicted molar refractivity (Wildman–Crippen MR) is 162 cm³/mol. The van der Waals surface area contributed by atoms with Crippen LogP contribution in [0.3, 0.4) is 0 Å².